The first-order valence-corrected chi connectivity index (χ1v) is 3.91. The minimum atomic E-state index is 0. The molecule has 66 valence electrons. The zero-order valence-corrected chi connectivity index (χ0v) is 8.63. The number of hydrogen-bond donors (Lipinski definition) is 1. The molecule has 1 rings (SSSR count). The topological polar surface area (TPSA) is 16.6 Å². The second-order valence-corrected chi connectivity index (χ2v) is 2.50. The summed E-state index contributed by atoms with van der Waals surface area (Å²) in [7, 11) is 0. The SMILES string of the molecule is C=C[NH2+]CCc1ccccc1.[Br-]. The molecular weight excluding hydrogens is 214 g/mol. The van der Waals surface area contributed by atoms with Crippen LogP contribution in [0.2, 0.25) is 0 Å². The zero-order chi connectivity index (χ0) is 7.94. The Morgan fingerprint density at radius 1 is 1.25 bits per heavy atom. The molecule has 0 heterocycles. The van der Waals surface area contributed by atoms with Crippen LogP contribution in [0.25, 0.3) is 0 Å². The summed E-state index contributed by atoms with van der Waals surface area (Å²) in [5, 5.41) is 2.09. The molecule has 0 saturated heterocycles. The van der Waals surface area contributed by atoms with Gasteiger partial charge in [-0.25, -0.2) is 0 Å². The lowest BCUT2D eigenvalue weighted by atomic mass is 10.1. The highest BCUT2D eigenvalue weighted by Crippen LogP contribution is 1.96. The van der Waals surface area contributed by atoms with Gasteiger partial charge in [0, 0.05) is 6.42 Å². The van der Waals surface area contributed by atoms with Gasteiger partial charge in [-0.15, -0.1) is 0 Å². The van der Waals surface area contributed by atoms with Gasteiger partial charge in [0.05, 0.1) is 12.7 Å². The maximum absolute atomic E-state index is 3.64. The molecule has 0 aliphatic rings. The lowest BCUT2D eigenvalue weighted by Crippen LogP contribution is -3.00. The number of benzene rings is 1. The highest BCUT2D eigenvalue weighted by Gasteiger charge is 1.89. The third-order valence-electron chi connectivity index (χ3n) is 1.61. The molecule has 0 spiro atoms. The predicted octanol–water partition coefficient (Wildman–Crippen LogP) is -2.06. The van der Waals surface area contributed by atoms with Crippen molar-refractivity contribution in [2.75, 3.05) is 6.54 Å². The fourth-order valence-corrected chi connectivity index (χ4v) is 1.01. The van der Waals surface area contributed by atoms with Crippen LogP contribution in [0.5, 0.6) is 0 Å². The van der Waals surface area contributed by atoms with Crippen molar-refractivity contribution in [2.45, 2.75) is 6.42 Å². The van der Waals surface area contributed by atoms with Gasteiger partial charge >= 0.3 is 0 Å². The minimum absolute atomic E-state index is 0. The van der Waals surface area contributed by atoms with E-state index in [1.54, 1.807) is 0 Å². The number of rotatable bonds is 4. The standard InChI is InChI=1S/C10H13N.BrH/c1-2-11-9-8-10-6-4-3-5-7-10;/h2-7,11H,1,8-9H2;1H. The molecule has 0 saturated carbocycles. The third-order valence-corrected chi connectivity index (χ3v) is 1.61. The molecule has 2 heteroatoms. The van der Waals surface area contributed by atoms with Crippen molar-refractivity contribution in [1.82, 2.24) is 0 Å². The quantitative estimate of drug-likeness (QED) is 0.571. The van der Waals surface area contributed by atoms with Crippen LogP contribution in [0.1, 0.15) is 5.56 Å². The molecule has 0 amide bonds. The maximum Gasteiger partial charge on any atom is 0.0852 e. The summed E-state index contributed by atoms with van der Waals surface area (Å²) in [5.41, 5.74) is 1.39. The van der Waals surface area contributed by atoms with Gasteiger partial charge in [-0.3, -0.25) is 0 Å². The van der Waals surface area contributed by atoms with Crippen molar-refractivity contribution in [3.05, 3.63) is 48.7 Å². The number of hydrogen-bond acceptors (Lipinski definition) is 0. The Bertz CT molecular complexity index is 208. The van der Waals surface area contributed by atoms with Gasteiger partial charge in [0.25, 0.3) is 0 Å². The Balaban J connectivity index is 0.00000121. The molecule has 1 aromatic rings. The van der Waals surface area contributed by atoms with E-state index in [-0.39, 0.29) is 17.0 Å². The van der Waals surface area contributed by atoms with Crippen LogP contribution in [0, 0.1) is 0 Å². The molecule has 0 fully saturated rings. The minimum Gasteiger partial charge on any atom is -1.00 e. The van der Waals surface area contributed by atoms with Crippen molar-refractivity contribution in [1.29, 1.82) is 0 Å². The summed E-state index contributed by atoms with van der Waals surface area (Å²) >= 11 is 0. The zero-order valence-electron chi connectivity index (χ0n) is 7.04. The molecule has 1 aromatic carbocycles. The summed E-state index contributed by atoms with van der Waals surface area (Å²) < 4.78 is 0. The molecule has 0 aromatic heterocycles. The van der Waals surface area contributed by atoms with Crippen molar-refractivity contribution in [2.24, 2.45) is 0 Å². The summed E-state index contributed by atoms with van der Waals surface area (Å²) in [6.07, 6.45) is 2.97. The van der Waals surface area contributed by atoms with E-state index >= 15 is 0 Å². The van der Waals surface area contributed by atoms with Crippen LogP contribution in [-0.4, -0.2) is 6.54 Å². The molecular formula is C10H14BrN. The van der Waals surface area contributed by atoms with E-state index in [9.17, 15) is 0 Å². The highest BCUT2D eigenvalue weighted by atomic mass is 79.9. The van der Waals surface area contributed by atoms with E-state index in [1.165, 1.54) is 5.56 Å². The second-order valence-electron chi connectivity index (χ2n) is 2.50. The van der Waals surface area contributed by atoms with Gasteiger partial charge in [-0.2, -0.15) is 0 Å². The van der Waals surface area contributed by atoms with E-state index in [2.05, 4.69) is 36.2 Å². The predicted molar refractivity (Wildman–Crippen MR) is 47.1 cm³/mol. The molecule has 1 nitrogen and oxygen atoms in total. The van der Waals surface area contributed by atoms with Gasteiger partial charge in [0.1, 0.15) is 0 Å². The first-order valence-electron chi connectivity index (χ1n) is 3.91. The largest absolute Gasteiger partial charge is 1.00 e. The lowest BCUT2D eigenvalue weighted by molar-refractivity contribution is -0.586. The Morgan fingerprint density at radius 2 is 1.92 bits per heavy atom. The fourth-order valence-electron chi connectivity index (χ4n) is 1.01. The van der Waals surface area contributed by atoms with Crippen molar-refractivity contribution < 1.29 is 22.3 Å². The Hall–Kier alpha value is -0.600. The highest BCUT2D eigenvalue weighted by molar-refractivity contribution is 5.14. The molecule has 0 atom stereocenters. The van der Waals surface area contributed by atoms with Gasteiger partial charge in [-0.1, -0.05) is 30.3 Å². The van der Waals surface area contributed by atoms with E-state index < -0.39 is 0 Å². The average Bonchev–Trinajstić information content (AvgIpc) is 2.07. The van der Waals surface area contributed by atoms with Gasteiger partial charge in [0.15, 0.2) is 0 Å². The average molecular weight is 228 g/mol. The van der Waals surface area contributed by atoms with Crippen LogP contribution >= 0.6 is 0 Å². The molecule has 2 N–H and O–H groups in total. The summed E-state index contributed by atoms with van der Waals surface area (Å²) in [6, 6.07) is 10.5. The van der Waals surface area contributed by atoms with Crippen molar-refractivity contribution >= 4 is 0 Å². The van der Waals surface area contributed by atoms with Crippen LogP contribution in [0.4, 0.5) is 0 Å². The number of nitrogens with two attached hydrogens (primary N) is 1. The summed E-state index contributed by atoms with van der Waals surface area (Å²) in [5.74, 6) is 0. The van der Waals surface area contributed by atoms with Gasteiger partial charge < -0.3 is 22.3 Å². The normalized spacial score (nSPS) is 8.67. The van der Waals surface area contributed by atoms with Crippen LogP contribution in [0.15, 0.2) is 43.1 Å². The molecule has 0 bridgehead atoms. The third kappa shape index (κ3) is 4.31. The van der Waals surface area contributed by atoms with Crippen LogP contribution < -0.4 is 22.3 Å². The first kappa shape index (κ1) is 11.4. The number of quaternary nitrogens is 1. The van der Waals surface area contributed by atoms with Crippen LogP contribution in [0.3, 0.4) is 0 Å². The molecule has 0 aliphatic carbocycles. The first-order chi connectivity index (χ1) is 5.43. The Kier molecular flexibility index (Phi) is 6.72. The van der Waals surface area contributed by atoms with Crippen LogP contribution in [-0.2, 0) is 6.42 Å². The molecule has 0 unspecified atom stereocenters. The van der Waals surface area contributed by atoms with E-state index in [0.29, 0.717) is 0 Å². The molecule has 0 radical (unpaired) electrons. The lowest BCUT2D eigenvalue weighted by Gasteiger charge is -1.96. The summed E-state index contributed by atoms with van der Waals surface area (Å²) in [4.78, 5) is 0. The Morgan fingerprint density at radius 3 is 2.50 bits per heavy atom. The van der Waals surface area contributed by atoms with E-state index in [0.717, 1.165) is 13.0 Å². The van der Waals surface area contributed by atoms with E-state index in [4.69, 9.17) is 0 Å². The van der Waals surface area contributed by atoms with E-state index in [1.807, 2.05) is 12.3 Å². The molecule has 12 heavy (non-hydrogen) atoms. The number of halogens is 1. The van der Waals surface area contributed by atoms with Crippen molar-refractivity contribution in [3.8, 4) is 0 Å². The summed E-state index contributed by atoms with van der Waals surface area (Å²) in [6.45, 7) is 4.73. The fraction of sp³-hybridized carbons (Fsp3) is 0.200. The monoisotopic (exact) mass is 227 g/mol. The van der Waals surface area contributed by atoms with Crippen molar-refractivity contribution in [3.63, 3.8) is 0 Å². The van der Waals surface area contributed by atoms with Gasteiger partial charge in [-0.05, 0) is 12.1 Å². The second kappa shape index (κ2) is 7.07. The Labute approximate surface area is 84.3 Å². The maximum atomic E-state index is 3.64. The molecule has 0 aliphatic heterocycles. The smallest absolute Gasteiger partial charge is 0.0852 e. The van der Waals surface area contributed by atoms with Gasteiger partial charge in [0.2, 0.25) is 0 Å².